The number of aryl methyl sites for hydroxylation is 1. The number of esters is 1. The molecule has 0 N–H and O–H groups in total. The van der Waals surface area contributed by atoms with Gasteiger partial charge in [0.15, 0.2) is 0 Å². The van der Waals surface area contributed by atoms with Gasteiger partial charge in [0.1, 0.15) is 22.5 Å². The molecule has 4 heterocycles. The van der Waals surface area contributed by atoms with E-state index in [1.54, 1.807) is 11.3 Å². The van der Waals surface area contributed by atoms with E-state index in [4.69, 9.17) is 9.72 Å². The van der Waals surface area contributed by atoms with E-state index < -0.39 is 0 Å². The highest BCUT2D eigenvalue weighted by atomic mass is 32.1. The van der Waals surface area contributed by atoms with Gasteiger partial charge in [0.2, 0.25) is 0 Å². The fourth-order valence-electron chi connectivity index (χ4n) is 4.09. The SMILES string of the molecule is Cc1nc(N2CC[C@H]3CCOC(=O)[C@@H]32)c2cc(-c3ccccc3)sc2n1. The second kappa shape index (κ2) is 6.06. The molecule has 2 saturated heterocycles. The summed E-state index contributed by atoms with van der Waals surface area (Å²) in [5.41, 5.74) is 1.18. The van der Waals surface area contributed by atoms with Gasteiger partial charge in [-0.3, -0.25) is 0 Å². The van der Waals surface area contributed by atoms with Crippen molar-refractivity contribution in [3.63, 3.8) is 0 Å². The van der Waals surface area contributed by atoms with Crippen LogP contribution >= 0.6 is 11.3 Å². The van der Waals surface area contributed by atoms with Crippen LogP contribution in [0.25, 0.3) is 20.7 Å². The predicted molar refractivity (Wildman–Crippen MR) is 102 cm³/mol. The largest absolute Gasteiger partial charge is 0.464 e. The van der Waals surface area contributed by atoms with E-state index in [2.05, 4.69) is 28.1 Å². The fourth-order valence-corrected chi connectivity index (χ4v) is 5.16. The Morgan fingerprint density at radius 1 is 1.19 bits per heavy atom. The second-order valence-corrected chi connectivity index (χ2v) is 7.96. The number of aromatic nitrogens is 2. The van der Waals surface area contributed by atoms with Crippen LogP contribution < -0.4 is 4.90 Å². The van der Waals surface area contributed by atoms with Crippen molar-refractivity contribution in [1.29, 1.82) is 0 Å². The standard InChI is InChI=1S/C20H19N3O2S/c1-12-21-18(23-9-7-14-8-10-25-20(24)17(14)23)15-11-16(26-19(15)22-12)13-5-3-2-4-6-13/h2-6,11,14,17H,7-10H2,1H3/t14-,17+/m0/s1. The number of hydrogen-bond donors (Lipinski definition) is 0. The number of thiophene rings is 1. The van der Waals surface area contributed by atoms with Crippen molar-refractivity contribution < 1.29 is 9.53 Å². The quantitative estimate of drug-likeness (QED) is 0.647. The van der Waals surface area contributed by atoms with E-state index in [-0.39, 0.29) is 12.0 Å². The molecule has 0 radical (unpaired) electrons. The van der Waals surface area contributed by atoms with Crippen LogP contribution in [-0.4, -0.2) is 35.1 Å². The zero-order valence-corrected chi connectivity index (χ0v) is 15.3. The van der Waals surface area contributed by atoms with Gasteiger partial charge in [0.25, 0.3) is 0 Å². The molecule has 3 aromatic rings. The van der Waals surface area contributed by atoms with E-state index in [0.29, 0.717) is 12.5 Å². The number of nitrogens with zero attached hydrogens (tertiary/aromatic N) is 3. The number of carbonyl (C=O) groups is 1. The number of benzene rings is 1. The minimum Gasteiger partial charge on any atom is -0.464 e. The summed E-state index contributed by atoms with van der Waals surface area (Å²) in [7, 11) is 0. The maximum atomic E-state index is 12.4. The fraction of sp³-hybridized carbons (Fsp3) is 0.350. The minimum absolute atomic E-state index is 0.110. The molecule has 5 rings (SSSR count). The van der Waals surface area contributed by atoms with Gasteiger partial charge in [-0.05, 0) is 37.3 Å². The summed E-state index contributed by atoms with van der Waals surface area (Å²) in [4.78, 5) is 26.1. The molecule has 0 spiro atoms. The number of hydrogen-bond acceptors (Lipinski definition) is 6. The summed E-state index contributed by atoms with van der Waals surface area (Å²) >= 11 is 1.67. The molecule has 1 aromatic carbocycles. The summed E-state index contributed by atoms with van der Waals surface area (Å²) in [5.74, 6) is 1.87. The van der Waals surface area contributed by atoms with E-state index in [1.165, 1.54) is 10.4 Å². The van der Waals surface area contributed by atoms with Crippen LogP contribution in [-0.2, 0) is 9.53 Å². The molecule has 0 bridgehead atoms. The molecule has 0 unspecified atom stereocenters. The zero-order chi connectivity index (χ0) is 17.7. The van der Waals surface area contributed by atoms with E-state index >= 15 is 0 Å². The average molecular weight is 365 g/mol. The first-order valence-electron chi connectivity index (χ1n) is 8.97. The molecule has 2 aliphatic rings. The van der Waals surface area contributed by atoms with Crippen LogP contribution in [0.5, 0.6) is 0 Å². The van der Waals surface area contributed by atoms with Crippen molar-refractivity contribution >= 4 is 33.3 Å². The number of rotatable bonds is 2. The predicted octanol–water partition coefficient (Wildman–Crippen LogP) is 3.81. The second-order valence-electron chi connectivity index (χ2n) is 6.93. The number of fused-ring (bicyclic) bond motifs is 2. The Kier molecular flexibility index (Phi) is 3.67. The van der Waals surface area contributed by atoms with E-state index in [0.717, 1.165) is 41.2 Å². The van der Waals surface area contributed by atoms with Crippen molar-refractivity contribution in [3.05, 3.63) is 42.2 Å². The summed E-state index contributed by atoms with van der Waals surface area (Å²) in [6.07, 6.45) is 1.96. The summed E-state index contributed by atoms with van der Waals surface area (Å²) in [5, 5.41) is 1.03. The summed E-state index contributed by atoms with van der Waals surface area (Å²) < 4.78 is 5.34. The molecule has 2 atom stereocenters. The van der Waals surface area contributed by atoms with Gasteiger partial charge in [-0.15, -0.1) is 11.3 Å². The maximum Gasteiger partial charge on any atom is 0.329 e. The highest BCUT2D eigenvalue weighted by Gasteiger charge is 2.44. The number of ether oxygens (including phenoxy) is 1. The third kappa shape index (κ3) is 2.48. The van der Waals surface area contributed by atoms with Gasteiger partial charge in [-0.1, -0.05) is 30.3 Å². The van der Waals surface area contributed by atoms with Crippen molar-refractivity contribution in [3.8, 4) is 10.4 Å². The lowest BCUT2D eigenvalue weighted by Crippen LogP contribution is -2.44. The van der Waals surface area contributed by atoms with Crippen LogP contribution in [0.3, 0.4) is 0 Å². The van der Waals surface area contributed by atoms with Crippen LogP contribution in [0.4, 0.5) is 5.82 Å². The van der Waals surface area contributed by atoms with Gasteiger partial charge in [0.05, 0.1) is 12.0 Å². The maximum absolute atomic E-state index is 12.4. The summed E-state index contributed by atoms with van der Waals surface area (Å²) in [6, 6.07) is 12.3. The first kappa shape index (κ1) is 15.8. The molecule has 0 amide bonds. The normalized spacial score (nSPS) is 22.5. The molecule has 2 aliphatic heterocycles. The van der Waals surface area contributed by atoms with E-state index in [9.17, 15) is 4.79 Å². The number of anilines is 1. The van der Waals surface area contributed by atoms with Crippen LogP contribution in [0.15, 0.2) is 36.4 Å². The monoisotopic (exact) mass is 365 g/mol. The van der Waals surface area contributed by atoms with Gasteiger partial charge in [-0.25, -0.2) is 14.8 Å². The third-order valence-corrected chi connectivity index (χ3v) is 6.39. The molecule has 0 aliphatic carbocycles. The lowest BCUT2D eigenvalue weighted by Gasteiger charge is -2.30. The smallest absolute Gasteiger partial charge is 0.329 e. The first-order valence-corrected chi connectivity index (χ1v) is 9.79. The summed E-state index contributed by atoms with van der Waals surface area (Å²) in [6.45, 7) is 3.30. The Hall–Kier alpha value is -2.47. The van der Waals surface area contributed by atoms with Crippen LogP contribution in [0.1, 0.15) is 18.7 Å². The Balaban J connectivity index is 1.63. The minimum atomic E-state index is -0.207. The zero-order valence-electron chi connectivity index (χ0n) is 14.5. The average Bonchev–Trinajstić information content (AvgIpc) is 3.27. The third-order valence-electron chi connectivity index (χ3n) is 5.31. The Morgan fingerprint density at radius 3 is 2.88 bits per heavy atom. The first-order chi connectivity index (χ1) is 12.7. The molecular weight excluding hydrogens is 346 g/mol. The highest BCUT2D eigenvalue weighted by Crippen LogP contribution is 2.41. The van der Waals surface area contributed by atoms with Gasteiger partial charge in [-0.2, -0.15) is 0 Å². The molecular formula is C20H19N3O2S. The molecule has 26 heavy (non-hydrogen) atoms. The van der Waals surface area contributed by atoms with Crippen LogP contribution in [0.2, 0.25) is 0 Å². The number of carbonyl (C=O) groups excluding carboxylic acids is 1. The Morgan fingerprint density at radius 2 is 2.04 bits per heavy atom. The molecule has 2 aromatic heterocycles. The van der Waals surface area contributed by atoms with Gasteiger partial charge < -0.3 is 9.64 Å². The Labute approximate surface area is 155 Å². The molecule has 2 fully saturated rings. The van der Waals surface area contributed by atoms with Crippen molar-refractivity contribution in [2.45, 2.75) is 25.8 Å². The molecule has 132 valence electrons. The van der Waals surface area contributed by atoms with Gasteiger partial charge in [0, 0.05) is 11.4 Å². The Bertz CT molecular complexity index is 985. The van der Waals surface area contributed by atoms with Crippen molar-refractivity contribution in [2.24, 2.45) is 5.92 Å². The highest BCUT2D eigenvalue weighted by molar-refractivity contribution is 7.21. The number of cyclic esters (lactones) is 1. The lowest BCUT2D eigenvalue weighted by atomic mass is 9.95. The molecule has 6 heteroatoms. The van der Waals surface area contributed by atoms with Crippen molar-refractivity contribution in [1.82, 2.24) is 9.97 Å². The van der Waals surface area contributed by atoms with Crippen molar-refractivity contribution in [2.75, 3.05) is 18.1 Å². The molecule has 5 nitrogen and oxygen atoms in total. The topological polar surface area (TPSA) is 55.3 Å². The van der Waals surface area contributed by atoms with Gasteiger partial charge >= 0.3 is 5.97 Å². The molecule has 0 saturated carbocycles. The lowest BCUT2D eigenvalue weighted by molar-refractivity contribution is -0.150. The van der Waals surface area contributed by atoms with E-state index in [1.807, 2.05) is 25.1 Å². The van der Waals surface area contributed by atoms with Crippen LogP contribution in [0, 0.1) is 12.8 Å².